The Morgan fingerprint density at radius 3 is 2.92 bits per heavy atom. The van der Waals surface area contributed by atoms with Crippen molar-refractivity contribution in [1.82, 2.24) is 29.5 Å². The van der Waals surface area contributed by atoms with Crippen molar-refractivity contribution in [3.05, 3.63) is 40.3 Å². The third-order valence-corrected chi connectivity index (χ3v) is 5.55. The molecule has 3 aromatic rings. The Balaban J connectivity index is 1.68. The van der Waals surface area contributed by atoms with Crippen LogP contribution >= 0.6 is 0 Å². The maximum absolute atomic E-state index is 12.7. The molecule has 126 valence electrons. The molecule has 9 nitrogen and oxygen atoms in total. The monoisotopic (exact) mass is 348 g/mol. The molecule has 1 aliphatic heterocycles. The normalized spacial score (nSPS) is 18.0. The summed E-state index contributed by atoms with van der Waals surface area (Å²) in [5.74, 6) is 1.26. The van der Waals surface area contributed by atoms with Gasteiger partial charge in [-0.3, -0.25) is 0 Å². The number of nitrogens with one attached hydrogen (secondary N) is 3. The zero-order chi connectivity index (χ0) is 16.9. The van der Waals surface area contributed by atoms with E-state index in [0.717, 1.165) is 13.0 Å². The van der Waals surface area contributed by atoms with E-state index in [0.29, 0.717) is 29.1 Å². The van der Waals surface area contributed by atoms with Gasteiger partial charge in [-0.2, -0.15) is 5.10 Å². The van der Waals surface area contributed by atoms with Crippen molar-refractivity contribution in [2.45, 2.75) is 37.2 Å². The van der Waals surface area contributed by atoms with E-state index >= 15 is 0 Å². The highest BCUT2D eigenvalue weighted by Gasteiger charge is 2.28. The Kier molecular flexibility index (Phi) is 3.32. The number of rotatable bonds is 3. The Morgan fingerprint density at radius 2 is 2.08 bits per heavy atom. The van der Waals surface area contributed by atoms with Crippen molar-refractivity contribution in [2.24, 2.45) is 0 Å². The van der Waals surface area contributed by atoms with Gasteiger partial charge < -0.3 is 9.97 Å². The zero-order valence-corrected chi connectivity index (χ0v) is 13.7. The maximum atomic E-state index is 12.7. The van der Waals surface area contributed by atoms with Gasteiger partial charge in [0.2, 0.25) is 10.0 Å². The summed E-state index contributed by atoms with van der Waals surface area (Å²) in [7, 11) is -3.74. The summed E-state index contributed by atoms with van der Waals surface area (Å²) < 4.78 is 29.8. The van der Waals surface area contributed by atoms with Crippen LogP contribution in [0.3, 0.4) is 0 Å². The fourth-order valence-electron chi connectivity index (χ4n) is 3.01. The lowest BCUT2D eigenvalue weighted by Crippen LogP contribution is -2.33. The molecule has 0 fully saturated rings. The molecule has 0 radical (unpaired) electrons. The number of benzene rings is 1. The number of sulfonamides is 1. The lowest BCUT2D eigenvalue weighted by Gasteiger charge is -2.23. The first-order valence-electron chi connectivity index (χ1n) is 7.58. The fraction of sp³-hybridized carbons (Fsp3) is 0.357. The molecule has 1 aromatic carbocycles. The van der Waals surface area contributed by atoms with Gasteiger partial charge in [-0.15, -0.1) is 0 Å². The van der Waals surface area contributed by atoms with Crippen molar-refractivity contribution in [2.75, 3.05) is 0 Å². The first kappa shape index (κ1) is 15.1. The van der Waals surface area contributed by atoms with Crippen LogP contribution in [0.15, 0.2) is 27.9 Å². The molecule has 0 spiro atoms. The van der Waals surface area contributed by atoms with Crippen LogP contribution in [-0.2, 0) is 16.6 Å². The molecule has 1 atom stereocenters. The van der Waals surface area contributed by atoms with E-state index < -0.39 is 16.1 Å². The first-order valence-corrected chi connectivity index (χ1v) is 9.06. The molecule has 0 saturated carbocycles. The highest BCUT2D eigenvalue weighted by Crippen LogP contribution is 2.25. The zero-order valence-electron chi connectivity index (χ0n) is 12.9. The van der Waals surface area contributed by atoms with Gasteiger partial charge in [-0.25, -0.2) is 27.6 Å². The summed E-state index contributed by atoms with van der Waals surface area (Å²) >= 11 is 0. The molecule has 3 heterocycles. The molecule has 4 rings (SSSR count). The van der Waals surface area contributed by atoms with Crippen molar-refractivity contribution >= 4 is 21.1 Å². The summed E-state index contributed by atoms with van der Waals surface area (Å²) in [5, 5.41) is 4.27. The average Bonchev–Trinajstić information content (AvgIpc) is 3.07. The quantitative estimate of drug-likeness (QED) is 0.638. The lowest BCUT2D eigenvalue weighted by atomic mass is 10.1. The number of aryl methyl sites for hydroxylation is 2. The summed E-state index contributed by atoms with van der Waals surface area (Å²) in [6.45, 7) is 2.53. The van der Waals surface area contributed by atoms with Crippen molar-refractivity contribution < 1.29 is 8.42 Å². The molecule has 0 bridgehead atoms. The highest BCUT2D eigenvalue weighted by molar-refractivity contribution is 7.89. The van der Waals surface area contributed by atoms with Crippen LogP contribution in [-0.4, -0.2) is 33.2 Å². The topological polar surface area (TPSA) is 126 Å². The van der Waals surface area contributed by atoms with E-state index in [4.69, 9.17) is 0 Å². The smallest absolute Gasteiger partial charge is 0.306 e. The van der Waals surface area contributed by atoms with Crippen LogP contribution < -0.4 is 10.4 Å². The summed E-state index contributed by atoms with van der Waals surface area (Å²) in [5.41, 5.74) is 0.640. The number of nitrogens with zero attached hydrogens (tertiary/aromatic N) is 3. The van der Waals surface area contributed by atoms with Crippen LogP contribution in [0.25, 0.3) is 11.0 Å². The summed E-state index contributed by atoms with van der Waals surface area (Å²) in [4.78, 5) is 20.9. The van der Waals surface area contributed by atoms with Gasteiger partial charge >= 0.3 is 5.69 Å². The lowest BCUT2D eigenvalue weighted by molar-refractivity contribution is 0.399. The van der Waals surface area contributed by atoms with Gasteiger partial charge in [0.1, 0.15) is 11.6 Å². The minimum Gasteiger partial charge on any atom is -0.306 e. The Morgan fingerprint density at radius 1 is 1.29 bits per heavy atom. The Hall–Kier alpha value is -2.46. The third kappa shape index (κ3) is 2.53. The predicted molar refractivity (Wildman–Crippen MR) is 86.0 cm³/mol. The second kappa shape index (κ2) is 5.28. The molecule has 0 aliphatic carbocycles. The SMILES string of the molecule is Cc1nc2n(n1)CCC[C@H]2NS(=O)(=O)c1ccc2[nH]c(=O)[nH]c2c1. The minimum absolute atomic E-state index is 0.0959. The van der Waals surface area contributed by atoms with Gasteiger partial charge in [-0.05, 0) is 38.0 Å². The van der Waals surface area contributed by atoms with Gasteiger partial charge in [0.05, 0.1) is 22.0 Å². The van der Waals surface area contributed by atoms with Gasteiger partial charge in [0.25, 0.3) is 0 Å². The van der Waals surface area contributed by atoms with Crippen LogP contribution in [0.5, 0.6) is 0 Å². The van der Waals surface area contributed by atoms with E-state index in [9.17, 15) is 13.2 Å². The Bertz CT molecular complexity index is 1080. The largest absolute Gasteiger partial charge is 0.323 e. The van der Waals surface area contributed by atoms with Crippen LogP contribution in [0.1, 0.15) is 30.5 Å². The van der Waals surface area contributed by atoms with Crippen molar-refractivity contribution in [3.63, 3.8) is 0 Å². The number of imidazole rings is 1. The van der Waals surface area contributed by atoms with E-state index in [1.54, 1.807) is 17.7 Å². The highest BCUT2D eigenvalue weighted by atomic mass is 32.2. The molecular weight excluding hydrogens is 332 g/mol. The summed E-state index contributed by atoms with van der Waals surface area (Å²) in [6.07, 6.45) is 1.49. The number of aromatic nitrogens is 5. The standard InChI is InChI=1S/C14H16N6O3S/c1-8-15-13-11(3-2-6-20(13)18-8)19-24(22,23)9-4-5-10-12(7-9)17-14(21)16-10/h4-5,7,11,19H,2-3,6H2,1H3,(H2,16,17,21)/t11-/m1/s1. The number of fused-ring (bicyclic) bond motifs is 2. The van der Waals surface area contributed by atoms with Crippen molar-refractivity contribution in [3.8, 4) is 0 Å². The van der Waals surface area contributed by atoms with E-state index in [2.05, 4.69) is 24.8 Å². The molecule has 0 amide bonds. The number of hydrogen-bond acceptors (Lipinski definition) is 5. The van der Waals surface area contributed by atoms with E-state index in [1.165, 1.54) is 12.1 Å². The number of H-pyrrole nitrogens is 2. The minimum atomic E-state index is -3.74. The van der Waals surface area contributed by atoms with E-state index in [1.807, 2.05) is 0 Å². The van der Waals surface area contributed by atoms with Crippen LogP contribution in [0.4, 0.5) is 0 Å². The molecule has 0 unspecified atom stereocenters. The molecule has 1 aliphatic rings. The van der Waals surface area contributed by atoms with E-state index in [-0.39, 0.29) is 10.6 Å². The maximum Gasteiger partial charge on any atom is 0.323 e. The number of aromatic amines is 2. The van der Waals surface area contributed by atoms with Crippen LogP contribution in [0.2, 0.25) is 0 Å². The van der Waals surface area contributed by atoms with Crippen LogP contribution in [0, 0.1) is 6.92 Å². The molecular formula is C14H16N6O3S. The predicted octanol–water partition coefficient (Wildman–Crippen LogP) is 0.570. The van der Waals surface area contributed by atoms with Gasteiger partial charge in [0, 0.05) is 6.54 Å². The molecule has 2 aromatic heterocycles. The van der Waals surface area contributed by atoms with Crippen molar-refractivity contribution in [1.29, 1.82) is 0 Å². The second-order valence-electron chi connectivity index (χ2n) is 5.84. The number of hydrogen-bond donors (Lipinski definition) is 3. The fourth-order valence-corrected chi connectivity index (χ4v) is 4.27. The molecule has 0 saturated heterocycles. The first-order chi connectivity index (χ1) is 11.4. The van der Waals surface area contributed by atoms with Gasteiger partial charge in [-0.1, -0.05) is 0 Å². The third-order valence-electron chi connectivity index (χ3n) is 4.08. The molecule has 3 N–H and O–H groups in total. The summed E-state index contributed by atoms with van der Waals surface area (Å²) in [6, 6.07) is 4.06. The average molecular weight is 348 g/mol. The molecule has 10 heteroatoms. The second-order valence-corrected chi connectivity index (χ2v) is 7.56. The molecule has 24 heavy (non-hydrogen) atoms. The van der Waals surface area contributed by atoms with Gasteiger partial charge in [0.15, 0.2) is 0 Å². The Labute approximate surface area is 137 Å².